The van der Waals surface area contributed by atoms with Gasteiger partial charge in [-0.25, -0.2) is 4.98 Å². The predicted molar refractivity (Wildman–Crippen MR) is 46.9 cm³/mol. The molecule has 72 valence electrons. The summed E-state index contributed by atoms with van der Waals surface area (Å²) in [6, 6.07) is 2.63. The molecule has 1 rings (SSSR count). The highest BCUT2D eigenvalue weighted by Gasteiger charge is 2.35. The highest BCUT2D eigenvalue weighted by molar-refractivity contribution is 9.08. The molecule has 0 unspecified atom stereocenters. The van der Waals surface area contributed by atoms with E-state index in [1.807, 2.05) is 0 Å². The summed E-state index contributed by atoms with van der Waals surface area (Å²) in [6.45, 7) is 0. The number of pyridine rings is 1. The Labute approximate surface area is 86.0 Å². The van der Waals surface area contributed by atoms with Crippen molar-refractivity contribution in [3.63, 3.8) is 0 Å². The summed E-state index contributed by atoms with van der Waals surface area (Å²) in [5, 5.41) is -0.0523. The van der Waals surface area contributed by atoms with E-state index >= 15 is 0 Å². The van der Waals surface area contributed by atoms with E-state index in [2.05, 4.69) is 20.9 Å². The Morgan fingerprint density at radius 2 is 2.00 bits per heavy atom. The minimum absolute atomic E-state index is 0.0805. The lowest BCUT2D eigenvalue weighted by atomic mass is 10.2. The third-order valence-corrected chi connectivity index (χ3v) is 2.17. The van der Waals surface area contributed by atoms with Crippen molar-refractivity contribution in [2.24, 2.45) is 0 Å². The topological polar surface area (TPSA) is 12.9 Å². The van der Waals surface area contributed by atoms with Crippen molar-refractivity contribution in [3.05, 3.63) is 28.5 Å². The molecular weight excluding hydrogens is 270 g/mol. The van der Waals surface area contributed by atoms with Crippen molar-refractivity contribution in [2.45, 2.75) is 11.5 Å². The number of hydrogen-bond donors (Lipinski definition) is 0. The molecule has 6 heteroatoms. The summed E-state index contributed by atoms with van der Waals surface area (Å²) >= 11 is 8.30. The van der Waals surface area contributed by atoms with Crippen molar-refractivity contribution in [2.75, 3.05) is 0 Å². The lowest BCUT2D eigenvalue weighted by Crippen LogP contribution is -2.11. The largest absolute Gasteiger partial charge is 0.433 e. The Morgan fingerprint density at radius 1 is 1.38 bits per heavy atom. The Morgan fingerprint density at radius 3 is 2.46 bits per heavy atom. The molecule has 0 atom stereocenters. The van der Waals surface area contributed by atoms with Crippen LogP contribution in [-0.4, -0.2) is 4.98 Å². The fraction of sp³-hybridized carbons (Fsp3) is 0.286. The summed E-state index contributed by atoms with van der Waals surface area (Å²) in [6.07, 6.45) is -4.45. The molecule has 0 fully saturated rings. The van der Waals surface area contributed by atoms with Gasteiger partial charge in [0.1, 0.15) is 10.8 Å². The fourth-order valence-electron chi connectivity index (χ4n) is 0.817. The molecule has 0 aliphatic heterocycles. The van der Waals surface area contributed by atoms with E-state index < -0.39 is 11.9 Å². The minimum atomic E-state index is -4.45. The van der Waals surface area contributed by atoms with E-state index in [0.717, 1.165) is 0 Å². The first-order valence-corrected chi connectivity index (χ1v) is 4.73. The Kier molecular flexibility index (Phi) is 3.18. The van der Waals surface area contributed by atoms with E-state index in [0.29, 0.717) is 0 Å². The lowest BCUT2D eigenvalue weighted by molar-refractivity contribution is -0.141. The van der Waals surface area contributed by atoms with Gasteiger partial charge in [0.05, 0.1) is 0 Å². The van der Waals surface area contributed by atoms with Crippen LogP contribution in [0.15, 0.2) is 12.1 Å². The van der Waals surface area contributed by atoms with Gasteiger partial charge in [0.25, 0.3) is 0 Å². The molecule has 1 aromatic rings. The van der Waals surface area contributed by atoms with Gasteiger partial charge in [0.15, 0.2) is 0 Å². The van der Waals surface area contributed by atoms with Crippen molar-refractivity contribution in [1.82, 2.24) is 4.98 Å². The van der Waals surface area contributed by atoms with Crippen molar-refractivity contribution >= 4 is 27.5 Å². The van der Waals surface area contributed by atoms with Gasteiger partial charge in [-0.3, -0.25) is 0 Å². The van der Waals surface area contributed by atoms with Crippen LogP contribution in [0.2, 0.25) is 5.15 Å². The number of nitrogens with zero attached hydrogens (tertiary/aromatic N) is 1. The average Bonchev–Trinajstić information content (AvgIpc) is 2.03. The number of halogens is 5. The second-order valence-corrected chi connectivity index (χ2v) is 3.22. The first kappa shape index (κ1) is 10.8. The van der Waals surface area contributed by atoms with Gasteiger partial charge < -0.3 is 0 Å². The van der Waals surface area contributed by atoms with Crippen molar-refractivity contribution < 1.29 is 13.2 Å². The van der Waals surface area contributed by atoms with Gasteiger partial charge >= 0.3 is 6.18 Å². The van der Waals surface area contributed by atoms with E-state index in [9.17, 15) is 13.2 Å². The minimum Gasteiger partial charge on any atom is -0.231 e. The molecule has 13 heavy (non-hydrogen) atoms. The molecule has 0 saturated heterocycles. The maximum atomic E-state index is 12.3. The highest BCUT2D eigenvalue weighted by atomic mass is 79.9. The summed E-state index contributed by atoms with van der Waals surface area (Å²) in [5.41, 5.74) is -0.853. The van der Waals surface area contributed by atoms with Crippen LogP contribution in [0.1, 0.15) is 11.3 Å². The van der Waals surface area contributed by atoms with Crippen molar-refractivity contribution in [1.29, 1.82) is 0 Å². The van der Waals surface area contributed by atoms with Crippen LogP contribution in [0.4, 0.5) is 13.2 Å². The quantitative estimate of drug-likeness (QED) is 0.563. The van der Waals surface area contributed by atoms with E-state index in [-0.39, 0.29) is 16.0 Å². The number of alkyl halides is 4. The third kappa shape index (κ3) is 2.57. The number of hydrogen-bond acceptors (Lipinski definition) is 1. The SMILES string of the molecule is FC(F)(F)c1nc(Cl)ccc1CBr. The molecule has 0 amide bonds. The molecule has 0 aliphatic rings. The Balaban J connectivity index is 3.24. The summed E-state index contributed by atoms with van der Waals surface area (Å²) in [4.78, 5) is 3.23. The van der Waals surface area contributed by atoms with Gasteiger partial charge in [-0.05, 0) is 11.6 Å². The lowest BCUT2D eigenvalue weighted by Gasteiger charge is -2.09. The summed E-state index contributed by atoms with van der Waals surface area (Å²) < 4.78 is 36.8. The van der Waals surface area contributed by atoms with Crippen LogP contribution in [0.25, 0.3) is 0 Å². The molecule has 0 radical (unpaired) electrons. The van der Waals surface area contributed by atoms with Gasteiger partial charge in [0, 0.05) is 5.33 Å². The molecule has 0 aliphatic carbocycles. The molecule has 0 N–H and O–H groups in total. The predicted octanol–water partition coefficient (Wildman–Crippen LogP) is 3.65. The number of aromatic nitrogens is 1. The zero-order chi connectivity index (χ0) is 10.1. The van der Waals surface area contributed by atoms with Crippen LogP contribution in [0.3, 0.4) is 0 Å². The second kappa shape index (κ2) is 3.84. The zero-order valence-corrected chi connectivity index (χ0v) is 8.54. The normalized spacial score (nSPS) is 11.8. The maximum absolute atomic E-state index is 12.3. The molecule has 0 aromatic carbocycles. The monoisotopic (exact) mass is 273 g/mol. The molecule has 0 spiro atoms. The van der Waals surface area contributed by atoms with Crippen LogP contribution >= 0.6 is 27.5 Å². The van der Waals surface area contributed by atoms with Gasteiger partial charge in [-0.1, -0.05) is 33.6 Å². The van der Waals surface area contributed by atoms with Crippen LogP contribution in [-0.2, 0) is 11.5 Å². The second-order valence-electron chi connectivity index (χ2n) is 2.27. The van der Waals surface area contributed by atoms with Crippen molar-refractivity contribution in [3.8, 4) is 0 Å². The molecule has 0 saturated carbocycles. The van der Waals surface area contributed by atoms with Gasteiger partial charge in [0.2, 0.25) is 0 Å². The standard InChI is InChI=1S/C7H4BrClF3N/c8-3-4-1-2-5(9)13-6(4)7(10,11)12/h1-2H,3H2. The van der Waals surface area contributed by atoms with Gasteiger partial charge in [-0.15, -0.1) is 0 Å². The van der Waals surface area contributed by atoms with E-state index in [4.69, 9.17) is 11.6 Å². The van der Waals surface area contributed by atoms with Crippen LogP contribution < -0.4 is 0 Å². The van der Waals surface area contributed by atoms with Crippen LogP contribution in [0.5, 0.6) is 0 Å². The average molecular weight is 274 g/mol. The highest BCUT2D eigenvalue weighted by Crippen LogP contribution is 2.32. The molecule has 0 bridgehead atoms. The van der Waals surface area contributed by atoms with E-state index in [1.165, 1.54) is 12.1 Å². The van der Waals surface area contributed by atoms with Gasteiger partial charge in [-0.2, -0.15) is 13.2 Å². The fourth-order valence-corrected chi connectivity index (χ4v) is 1.42. The Bertz CT molecular complexity index is 313. The zero-order valence-electron chi connectivity index (χ0n) is 6.20. The molecule has 1 aromatic heterocycles. The Hall–Kier alpha value is -0.290. The smallest absolute Gasteiger partial charge is 0.231 e. The first-order chi connectivity index (χ1) is 5.95. The number of rotatable bonds is 1. The first-order valence-electron chi connectivity index (χ1n) is 3.23. The van der Waals surface area contributed by atoms with Crippen LogP contribution in [0, 0.1) is 0 Å². The molecule has 1 heterocycles. The molecule has 1 nitrogen and oxygen atoms in total. The molecular formula is C7H4BrClF3N. The summed E-state index contributed by atoms with van der Waals surface area (Å²) in [5.74, 6) is 0. The van der Waals surface area contributed by atoms with E-state index in [1.54, 1.807) is 0 Å². The third-order valence-electron chi connectivity index (χ3n) is 1.36. The summed E-state index contributed by atoms with van der Waals surface area (Å²) in [7, 11) is 0. The maximum Gasteiger partial charge on any atom is 0.433 e.